The number of nitrogens with one attached hydrogen (secondary N) is 1. The zero-order valence-electron chi connectivity index (χ0n) is 15.3. The Morgan fingerprint density at radius 2 is 1.85 bits per heavy atom. The van der Waals surface area contributed by atoms with E-state index in [0.717, 1.165) is 11.9 Å². The van der Waals surface area contributed by atoms with Gasteiger partial charge in [-0.25, -0.2) is 0 Å². The van der Waals surface area contributed by atoms with Gasteiger partial charge in [0.05, 0.1) is 14.2 Å². The first-order valence-corrected chi connectivity index (χ1v) is 8.72. The second-order valence-corrected chi connectivity index (χ2v) is 6.65. The largest absolute Gasteiger partial charge is 0.496 e. The van der Waals surface area contributed by atoms with Crippen LogP contribution < -0.4 is 9.47 Å². The SMILES string of the molecule is COc1cccc(OC)c1C(=O)N1CCc2[nH]c3cc(C)ccc3c2C1. The standard InChI is InChI=1S/C21H22N2O3/c1-13-7-8-14-15-12-23(10-9-16(15)22-17(14)11-13)21(24)20-18(25-2)5-4-6-19(20)26-3/h4-8,11,22H,9-10,12H2,1-3H3. The maximum Gasteiger partial charge on any atom is 0.261 e. The van der Waals surface area contributed by atoms with E-state index in [-0.39, 0.29) is 5.91 Å². The Kier molecular flexibility index (Phi) is 4.07. The normalized spacial score (nSPS) is 13.6. The smallest absolute Gasteiger partial charge is 0.261 e. The first-order chi connectivity index (χ1) is 12.6. The molecule has 0 saturated heterocycles. The Labute approximate surface area is 152 Å². The average Bonchev–Trinajstić information content (AvgIpc) is 3.03. The number of carbonyl (C=O) groups is 1. The lowest BCUT2D eigenvalue weighted by molar-refractivity contribution is 0.0728. The summed E-state index contributed by atoms with van der Waals surface area (Å²) in [5.41, 5.74) is 5.27. The molecule has 0 bridgehead atoms. The molecule has 0 unspecified atom stereocenters. The molecular weight excluding hydrogens is 328 g/mol. The van der Waals surface area contributed by atoms with Crippen molar-refractivity contribution >= 4 is 16.8 Å². The van der Waals surface area contributed by atoms with Crippen LogP contribution in [0.3, 0.4) is 0 Å². The molecule has 0 aliphatic carbocycles. The molecule has 0 saturated carbocycles. The number of amides is 1. The first-order valence-electron chi connectivity index (χ1n) is 8.72. The molecule has 1 aliphatic rings. The van der Waals surface area contributed by atoms with Crippen LogP contribution in [0.2, 0.25) is 0 Å². The summed E-state index contributed by atoms with van der Waals surface area (Å²) in [4.78, 5) is 18.6. The highest BCUT2D eigenvalue weighted by molar-refractivity contribution is 6.00. The number of rotatable bonds is 3. The van der Waals surface area contributed by atoms with Gasteiger partial charge < -0.3 is 19.4 Å². The van der Waals surface area contributed by atoms with Crippen LogP contribution in [0.5, 0.6) is 11.5 Å². The van der Waals surface area contributed by atoms with E-state index in [0.29, 0.717) is 30.2 Å². The minimum absolute atomic E-state index is 0.0635. The Balaban J connectivity index is 1.71. The lowest BCUT2D eigenvalue weighted by Crippen LogP contribution is -2.36. The molecule has 5 heteroatoms. The van der Waals surface area contributed by atoms with Crippen molar-refractivity contribution in [2.75, 3.05) is 20.8 Å². The number of hydrogen-bond donors (Lipinski definition) is 1. The average molecular weight is 350 g/mol. The molecular formula is C21H22N2O3. The summed E-state index contributed by atoms with van der Waals surface area (Å²) in [5, 5.41) is 1.19. The van der Waals surface area contributed by atoms with Gasteiger partial charge in [0.15, 0.2) is 0 Å². The fourth-order valence-corrected chi connectivity index (χ4v) is 3.73. The molecule has 2 aromatic carbocycles. The highest BCUT2D eigenvalue weighted by atomic mass is 16.5. The minimum atomic E-state index is -0.0635. The van der Waals surface area contributed by atoms with Crippen LogP contribution in [0.4, 0.5) is 0 Å². The van der Waals surface area contributed by atoms with Crippen molar-refractivity contribution in [3.8, 4) is 11.5 Å². The lowest BCUT2D eigenvalue weighted by Gasteiger charge is -2.28. The summed E-state index contributed by atoms with van der Waals surface area (Å²) in [6.45, 7) is 3.33. The Morgan fingerprint density at radius 3 is 2.54 bits per heavy atom. The highest BCUT2D eigenvalue weighted by Crippen LogP contribution is 2.33. The van der Waals surface area contributed by atoms with Gasteiger partial charge in [0, 0.05) is 41.7 Å². The molecule has 1 aromatic heterocycles. The number of ether oxygens (including phenoxy) is 2. The number of fused-ring (bicyclic) bond motifs is 3. The van der Waals surface area contributed by atoms with Gasteiger partial charge in [-0.3, -0.25) is 4.79 Å². The van der Waals surface area contributed by atoms with Crippen LogP contribution in [-0.4, -0.2) is 36.6 Å². The van der Waals surface area contributed by atoms with E-state index in [9.17, 15) is 4.79 Å². The number of aromatic amines is 1. The number of methoxy groups -OCH3 is 2. The van der Waals surface area contributed by atoms with E-state index in [1.165, 1.54) is 22.2 Å². The quantitative estimate of drug-likeness (QED) is 0.784. The molecule has 1 amide bonds. The summed E-state index contributed by atoms with van der Waals surface area (Å²) >= 11 is 0. The summed E-state index contributed by atoms with van der Waals surface area (Å²) < 4.78 is 10.8. The van der Waals surface area contributed by atoms with Crippen molar-refractivity contribution in [2.24, 2.45) is 0 Å². The highest BCUT2D eigenvalue weighted by Gasteiger charge is 2.28. The van der Waals surface area contributed by atoms with Gasteiger partial charge in [0.25, 0.3) is 5.91 Å². The number of carbonyl (C=O) groups excluding carboxylic acids is 1. The van der Waals surface area contributed by atoms with E-state index in [1.54, 1.807) is 26.4 Å². The van der Waals surface area contributed by atoms with Crippen molar-refractivity contribution < 1.29 is 14.3 Å². The van der Waals surface area contributed by atoms with Gasteiger partial charge in [-0.2, -0.15) is 0 Å². The molecule has 3 aromatic rings. The zero-order chi connectivity index (χ0) is 18.3. The topological polar surface area (TPSA) is 54.6 Å². The third-order valence-electron chi connectivity index (χ3n) is 5.06. The van der Waals surface area contributed by atoms with Gasteiger partial charge in [-0.1, -0.05) is 18.2 Å². The number of hydrogen-bond acceptors (Lipinski definition) is 3. The van der Waals surface area contributed by atoms with Gasteiger partial charge in [-0.05, 0) is 30.7 Å². The Bertz CT molecular complexity index is 968. The summed E-state index contributed by atoms with van der Waals surface area (Å²) in [5.74, 6) is 1.01. The summed E-state index contributed by atoms with van der Waals surface area (Å²) in [7, 11) is 3.14. The monoisotopic (exact) mass is 350 g/mol. The number of H-pyrrole nitrogens is 1. The van der Waals surface area contributed by atoms with Crippen molar-refractivity contribution in [1.29, 1.82) is 0 Å². The van der Waals surface area contributed by atoms with E-state index < -0.39 is 0 Å². The molecule has 0 fully saturated rings. The predicted octanol–water partition coefficient (Wildman–Crippen LogP) is 3.69. The molecule has 5 nitrogen and oxygen atoms in total. The number of nitrogens with zero attached hydrogens (tertiary/aromatic N) is 1. The van der Waals surface area contributed by atoms with E-state index in [1.807, 2.05) is 11.0 Å². The fourth-order valence-electron chi connectivity index (χ4n) is 3.73. The van der Waals surface area contributed by atoms with Gasteiger partial charge in [-0.15, -0.1) is 0 Å². The molecule has 2 heterocycles. The molecule has 1 N–H and O–H groups in total. The van der Waals surface area contributed by atoms with Crippen molar-refractivity contribution in [2.45, 2.75) is 19.9 Å². The molecule has 134 valence electrons. The predicted molar refractivity (Wildman–Crippen MR) is 101 cm³/mol. The Morgan fingerprint density at radius 1 is 1.12 bits per heavy atom. The molecule has 0 spiro atoms. The van der Waals surface area contributed by atoms with Crippen LogP contribution in [0.25, 0.3) is 10.9 Å². The molecule has 4 rings (SSSR count). The van der Waals surface area contributed by atoms with Crippen LogP contribution in [0.15, 0.2) is 36.4 Å². The second-order valence-electron chi connectivity index (χ2n) is 6.65. The van der Waals surface area contributed by atoms with Crippen molar-refractivity contribution in [3.63, 3.8) is 0 Å². The van der Waals surface area contributed by atoms with Gasteiger partial charge in [0.2, 0.25) is 0 Å². The third kappa shape index (κ3) is 2.60. The van der Waals surface area contributed by atoms with E-state index in [2.05, 4.69) is 30.1 Å². The number of aryl methyl sites for hydroxylation is 1. The molecule has 1 aliphatic heterocycles. The van der Waals surface area contributed by atoms with Crippen LogP contribution in [0.1, 0.15) is 27.2 Å². The molecule has 0 radical (unpaired) electrons. The number of benzene rings is 2. The molecule has 0 atom stereocenters. The number of aromatic nitrogens is 1. The van der Waals surface area contributed by atoms with Crippen molar-refractivity contribution in [3.05, 3.63) is 58.8 Å². The fraction of sp³-hybridized carbons (Fsp3) is 0.286. The maximum absolute atomic E-state index is 13.2. The maximum atomic E-state index is 13.2. The zero-order valence-corrected chi connectivity index (χ0v) is 15.3. The summed E-state index contributed by atoms with van der Waals surface area (Å²) in [6, 6.07) is 11.8. The van der Waals surface area contributed by atoms with Gasteiger partial charge >= 0.3 is 0 Å². The van der Waals surface area contributed by atoms with Crippen LogP contribution in [0, 0.1) is 6.92 Å². The third-order valence-corrected chi connectivity index (χ3v) is 5.06. The Hall–Kier alpha value is -2.95. The van der Waals surface area contributed by atoms with E-state index >= 15 is 0 Å². The molecule has 26 heavy (non-hydrogen) atoms. The second kappa shape index (κ2) is 6.41. The van der Waals surface area contributed by atoms with Crippen molar-refractivity contribution in [1.82, 2.24) is 9.88 Å². The minimum Gasteiger partial charge on any atom is -0.496 e. The van der Waals surface area contributed by atoms with Crippen LogP contribution >= 0.6 is 0 Å². The lowest BCUT2D eigenvalue weighted by atomic mass is 10.0. The van der Waals surface area contributed by atoms with Gasteiger partial charge in [0.1, 0.15) is 17.1 Å². The summed E-state index contributed by atoms with van der Waals surface area (Å²) in [6.07, 6.45) is 0.812. The van der Waals surface area contributed by atoms with E-state index in [4.69, 9.17) is 9.47 Å². The van der Waals surface area contributed by atoms with Crippen LogP contribution in [-0.2, 0) is 13.0 Å². The first kappa shape index (κ1) is 16.5.